The number of H-pyrrole nitrogens is 1. The van der Waals surface area contributed by atoms with E-state index in [0.717, 1.165) is 4.57 Å². The highest BCUT2D eigenvalue weighted by atomic mass is 28.4. The third-order valence-electron chi connectivity index (χ3n) is 7.55. The number of ether oxygens (including phenoxy) is 1. The molecule has 10 heteroatoms. The molecule has 0 unspecified atom stereocenters. The van der Waals surface area contributed by atoms with Gasteiger partial charge < -0.3 is 13.6 Å². The summed E-state index contributed by atoms with van der Waals surface area (Å²) in [5.74, 6) is 0. The van der Waals surface area contributed by atoms with Crippen molar-refractivity contribution >= 4 is 16.6 Å². The van der Waals surface area contributed by atoms with Gasteiger partial charge in [-0.25, -0.2) is 9.18 Å². The Morgan fingerprint density at radius 3 is 2.15 bits per heavy atom. The molecule has 1 N–H and O–H groups in total. The molecular formula is C23H41FN2O5Si2. The fourth-order valence-corrected chi connectivity index (χ4v) is 5.46. The summed E-state index contributed by atoms with van der Waals surface area (Å²) in [5.41, 5.74) is -2.61. The highest BCUT2D eigenvalue weighted by molar-refractivity contribution is 6.74. The lowest BCUT2D eigenvalue weighted by Gasteiger charge is -2.44. The first-order valence-electron chi connectivity index (χ1n) is 11.4. The normalized spacial score (nSPS) is 27.1. The van der Waals surface area contributed by atoms with Crippen LogP contribution in [0.5, 0.6) is 0 Å². The smallest absolute Gasteiger partial charge is 0.330 e. The Morgan fingerprint density at radius 1 is 1.15 bits per heavy atom. The SMILES string of the molecule is C=C[C@]1(CO[Si](C)(C)C(C)(C)C)O[C@@H](n2ccc(=O)[nH]c2=O)[C@@H](F)[C@@H]1O[Si](C)(C)C(C)(C)C. The van der Waals surface area contributed by atoms with Crippen LogP contribution in [0.2, 0.25) is 36.3 Å². The molecule has 1 fully saturated rings. The molecule has 1 aliphatic heterocycles. The van der Waals surface area contributed by atoms with Gasteiger partial charge >= 0.3 is 5.69 Å². The number of halogens is 1. The van der Waals surface area contributed by atoms with Crippen LogP contribution in [0.1, 0.15) is 47.8 Å². The van der Waals surface area contributed by atoms with Crippen molar-refractivity contribution in [2.24, 2.45) is 0 Å². The van der Waals surface area contributed by atoms with Crippen LogP contribution in [0.15, 0.2) is 34.5 Å². The first-order chi connectivity index (χ1) is 14.8. The number of hydrogen-bond donors (Lipinski definition) is 1. The van der Waals surface area contributed by atoms with Gasteiger partial charge in [0.1, 0.15) is 11.7 Å². The number of nitrogens with zero attached hydrogens (tertiary/aromatic N) is 1. The van der Waals surface area contributed by atoms with Gasteiger partial charge in [0.25, 0.3) is 5.56 Å². The van der Waals surface area contributed by atoms with E-state index in [2.05, 4.69) is 66.2 Å². The van der Waals surface area contributed by atoms with Crippen LogP contribution in [0.25, 0.3) is 0 Å². The standard InChI is InChI=1S/C23H41FN2O5Si2/c1-12-23(15-29-32(8,9)21(2,3)4)18(31-33(10,11)22(5,6)7)17(24)19(30-23)26-14-13-16(27)25-20(26)28/h12-14,17-19H,1,15H2,2-11H3,(H,25,27,28)/t17-,18-,19+,23+/m0/s1. The van der Waals surface area contributed by atoms with E-state index in [1.807, 2.05) is 13.1 Å². The van der Waals surface area contributed by atoms with Crippen LogP contribution in [0.4, 0.5) is 4.39 Å². The minimum absolute atomic E-state index is 0.0569. The van der Waals surface area contributed by atoms with Gasteiger partial charge in [-0.05, 0) is 36.3 Å². The van der Waals surface area contributed by atoms with Gasteiger partial charge in [0.15, 0.2) is 29.0 Å². The Morgan fingerprint density at radius 2 is 1.70 bits per heavy atom. The lowest BCUT2D eigenvalue weighted by molar-refractivity contribution is -0.0934. The van der Waals surface area contributed by atoms with E-state index in [9.17, 15) is 9.59 Å². The predicted molar refractivity (Wildman–Crippen MR) is 134 cm³/mol. The van der Waals surface area contributed by atoms with Crippen molar-refractivity contribution in [3.63, 3.8) is 0 Å². The Bertz CT molecular complexity index is 977. The number of nitrogens with one attached hydrogen (secondary N) is 1. The molecule has 0 radical (unpaired) electrons. The Balaban J connectivity index is 2.55. The van der Waals surface area contributed by atoms with Crippen LogP contribution < -0.4 is 11.2 Å². The molecule has 2 rings (SSSR count). The molecule has 1 aromatic rings. The average molecular weight is 501 g/mol. The van der Waals surface area contributed by atoms with Crippen LogP contribution in [0, 0.1) is 0 Å². The highest BCUT2D eigenvalue weighted by Crippen LogP contribution is 2.47. The minimum Gasteiger partial charge on any atom is -0.413 e. The molecule has 188 valence electrons. The minimum atomic E-state index is -2.44. The summed E-state index contributed by atoms with van der Waals surface area (Å²) >= 11 is 0. The molecule has 0 bridgehead atoms. The molecule has 4 atom stereocenters. The molecule has 0 saturated carbocycles. The fraction of sp³-hybridized carbons (Fsp3) is 0.739. The van der Waals surface area contributed by atoms with Gasteiger partial charge in [-0.3, -0.25) is 14.3 Å². The predicted octanol–water partition coefficient (Wildman–Crippen LogP) is 4.74. The fourth-order valence-electron chi connectivity index (χ4n) is 3.12. The lowest BCUT2D eigenvalue weighted by atomic mass is 9.97. The average Bonchev–Trinajstić information content (AvgIpc) is 2.91. The molecule has 1 aromatic heterocycles. The molecule has 33 heavy (non-hydrogen) atoms. The van der Waals surface area contributed by atoms with Crippen LogP contribution in [0.3, 0.4) is 0 Å². The zero-order valence-electron chi connectivity index (χ0n) is 21.7. The van der Waals surface area contributed by atoms with E-state index < -0.39 is 52.0 Å². The van der Waals surface area contributed by atoms with Gasteiger partial charge in [0.05, 0.1) is 6.61 Å². The summed E-state index contributed by atoms with van der Waals surface area (Å²) in [7, 11) is -4.65. The van der Waals surface area contributed by atoms with Crippen LogP contribution in [-0.2, 0) is 13.6 Å². The topological polar surface area (TPSA) is 82.5 Å². The third-order valence-corrected chi connectivity index (χ3v) is 16.5. The zero-order valence-corrected chi connectivity index (χ0v) is 23.7. The first-order valence-corrected chi connectivity index (χ1v) is 17.2. The van der Waals surface area contributed by atoms with Crippen molar-refractivity contribution in [2.75, 3.05) is 6.61 Å². The van der Waals surface area contributed by atoms with Crippen molar-refractivity contribution < 1.29 is 18.0 Å². The molecule has 0 spiro atoms. The number of aromatic nitrogens is 2. The monoisotopic (exact) mass is 500 g/mol. The third kappa shape index (κ3) is 5.50. The molecule has 0 aromatic carbocycles. The molecule has 2 heterocycles. The number of hydrogen-bond acceptors (Lipinski definition) is 5. The van der Waals surface area contributed by atoms with E-state index in [1.165, 1.54) is 12.3 Å². The molecule has 0 aliphatic carbocycles. The first kappa shape index (κ1) is 27.9. The highest BCUT2D eigenvalue weighted by Gasteiger charge is 2.59. The van der Waals surface area contributed by atoms with Crippen LogP contribution >= 0.6 is 0 Å². The number of aromatic amines is 1. The van der Waals surface area contributed by atoms with Gasteiger partial charge in [0, 0.05) is 12.3 Å². The second-order valence-electron chi connectivity index (χ2n) is 12.0. The summed E-state index contributed by atoms with van der Waals surface area (Å²) in [5, 5.41) is -0.235. The number of rotatable bonds is 7. The second-order valence-corrected chi connectivity index (χ2v) is 21.5. The van der Waals surface area contributed by atoms with E-state index in [0.29, 0.717) is 0 Å². The van der Waals surface area contributed by atoms with Crippen LogP contribution in [-0.4, -0.2) is 50.7 Å². The van der Waals surface area contributed by atoms with Crippen molar-refractivity contribution in [3.05, 3.63) is 45.8 Å². The van der Waals surface area contributed by atoms with Gasteiger partial charge in [-0.1, -0.05) is 47.6 Å². The summed E-state index contributed by atoms with van der Waals surface area (Å²) in [4.78, 5) is 26.2. The quantitative estimate of drug-likeness (QED) is 0.432. The van der Waals surface area contributed by atoms with E-state index >= 15 is 4.39 Å². The second kappa shape index (κ2) is 9.03. The van der Waals surface area contributed by atoms with Gasteiger partial charge in [-0.15, -0.1) is 6.58 Å². The maximum atomic E-state index is 16.1. The molecular weight excluding hydrogens is 459 g/mol. The summed E-state index contributed by atoms with van der Waals surface area (Å²) in [6, 6.07) is 1.17. The molecule has 0 amide bonds. The molecule has 1 saturated heterocycles. The van der Waals surface area contributed by atoms with Crippen molar-refractivity contribution in [1.82, 2.24) is 9.55 Å². The van der Waals surface area contributed by atoms with E-state index in [4.69, 9.17) is 13.6 Å². The largest absolute Gasteiger partial charge is 0.413 e. The maximum Gasteiger partial charge on any atom is 0.330 e. The Kier molecular flexibility index (Phi) is 7.64. The Labute approximate surface area is 198 Å². The van der Waals surface area contributed by atoms with E-state index in [1.54, 1.807) is 6.08 Å². The molecule has 7 nitrogen and oxygen atoms in total. The maximum absolute atomic E-state index is 16.1. The summed E-state index contributed by atoms with van der Waals surface area (Å²) < 4.78 is 36.4. The zero-order chi connectivity index (χ0) is 25.6. The van der Waals surface area contributed by atoms with E-state index in [-0.39, 0.29) is 16.7 Å². The summed E-state index contributed by atoms with van der Waals surface area (Å²) in [6.45, 7) is 24.9. The summed E-state index contributed by atoms with van der Waals surface area (Å²) in [6.07, 6.45) is -1.20. The van der Waals surface area contributed by atoms with Gasteiger partial charge in [0.2, 0.25) is 0 Å². The van der Waals surface area contributed by atoms with Crippen molar-refractivity contribution in [3.8, 4) is 0 Å². The lowest BCUT2D eigenvalue weighted by Crippen LogP contribution is -2.55. The Hall–Kier alpha value is -1.34. The van der Waals surface area contributed by atoms with Gasteiger partial charge in [-0.2, -0.15) is 0 Å². The molecule has 1 aliphatic rings. The van der Waals surface area contributed by atoms with Crippen molar-refractivity contribution in [2.45, 2.75) is 102 Å². The van der Waals surface area contributed by atoms with Crippen molar-refractivity contribution in [1.29, 1.82) is 0 Å². The number of alkyl halides is 1.